The van der Waals surface area contributed by atoms with Crippen molar-refractivity contribution in [3.05, 3.63) is 35.4 Å². The van der Waals surface area contributed by atoms with Crippen LogP contribution in [0.25, 0.3) is 0 Å². The van der Waals surface area contributed by atoms with Crippen molar-refractivity contribution in [2.75, 3.05) is 0 Å². The lowest BCUT2D eigenvalue weighted by Crippen LogP contribution is -2.29. The third-order valence-corrected chi connectivity index (χ3v) is 2.85. The second-order valence-corrected chi connectivity index (χ2v) is 5.07. The van der Waals surface area contributed by atoms with Crippen molar-refractivity contribution in [2.24, 2.45) is 11.3 Å². The van der Waals surface area contributed by atoms with Gasteiger partial charge in [0.1, 0.15) is 0 Å². The smallest absolute Gasteiger partial charge is 0.174 e. The van der Waals surface area contributed by atoms with Gasteiger partial charge in [-0.3, -0.25) is 9.59 Å². The molecule has 2 rings (SSSR count). The van der Waals surface area contributed by atoms with E-state index < -0.39 is 5.92 Å². The Morgan fingerprint density at radius 1 is 0.938 bits per heavy atom. The number of carbonyl (C=O) groups excluding carboxylic acids is 2. The lowest BCUT2D eigenvalue weighted by Gasteiger charge is -2.23. The summed E-state index contributed by atoms with van der Waals surface area (Å²) in [5.41, 5.74) is 0.873. The highest BCUT2D eigenvalue weighted by Gasteiger charge is 2.44. The highest BCUT2D eigenvalue weighted by molar-refractivity contribution is 6.26. The second-order valence-electron chi connectivity index (χ2n) is 5.07. The summed E-state index contributed by atoms with van der Waals surface area (Å²) >= 11 is 0. The first-order valence-electron chi connectivity index (χ1n) is 5.10. The van der Waals surface area contributed by atoms with Crippen LogP contribution in [0.3, 0.4) is 0 Å². The molecule has 86 valence electrons. The average molecular weight is 218 g/mol. The highest BCUT2D eigenvalue weighted by atomic mass is 16.2. The van der Waals surface area contributed by atoms with Crippen molar-refractivity contribution in [3.63, 3.8) is 0 Å². The van der Waals surface area contributed by atoms with Crippen LogP contribution in [0.2, 0.25) is 0 Å². The molecule has 0 amide bonds. The lowest BCUT2D eigenvalue weighted by atomic mass is 9.78. The maximum absolute atomic E-state index is 12.0. The summed E-state index contributed by atoms with van der Waals surface area (Å²) in [6, 6.07) is 7.08. The van der Waals surface area contributed by atoms with E-state index in [0.717, 1.165) is 0 Å². The predicted octanol–water partition coefficient (Wildman–Crippen LogP) is 3.36. The molecule has 0 saturated carbocycles. The van der Waals surface area contributed by atoms with Crippen molar-refractivity contribution in [1.29, 1.82) is 0 Å². The normalized spacial score (nSPS) is 15.9. The molecular formula is C14H18O2. The van der Waals surface area contributed by atoms with Crippen LogP contribution in [0, 0.1) is 11.3 Å². The van der Waals surface area contributed by atoms with Gasteiger partial charge in [-0.05, 0) is 5.41 Å². The zero-order valence-electron chi connectivity index (χ0n) is 9.20. The Bertz CT molecular complexity index is 403. The summed E-state index contributed by atoms with van der Waals surface area (Å²) < 4.78 is 0. The van der Waals surface area contributed by atoms with Gasteiger partial charge in [-0.15, -0.1) is 0 Å². The van der Waals surface area contributed by atoms with Gasteiger partial charge >= 0.3 is 0 Å². The van der Waals surface area contributed by atoms with Gasteiger partial charge in [0.05, 0.1) is 5.92 Å². The molecule has 0 atom stereocenters. The highest BCUT2D eigenvalue weighted by Crippen LogP contribution is 2.37. The third-order valence-electron chi connectivity index (χ3n) is 2.85. The number of Topliss-reactive ketones (excluding diaryl/α,β-unsaturated/α-hetero) is 2. The van der Waals surface area contributed by atoms with Crippen LogP contribution in [-0.2, 0) is 0 Å². The van der Waals surface area contributed by atoms with Crippen molar-refractivity contribution < 1.29 is 9.59 Å². The Balaban J connectivity index is 0.00000128. The Hall–Kier alpha value is -1.44. The Morgan fingerprint density at radius 2 is 1.31 bits per heavy atom. The van der Waals surface area contributed by atoms with Gasteiger partial charge in [0.2, 0.25) is 0 Å². The minimum Gasteiger partial charge on any atom is -0.293 e. The zero-order chi connectivity index (χ0) is 11.2. The number of benzene rings is 1. The molecule has 0 saturated heterocycles. The monoisotopic (exact) mass is 218 g/mol. The first kappa shape index (κ1) is 12.6. The summed E-state index contributed by atoms with van der Waals surface area (Å²) in [4.78, 5) is 24.1. The maximum atomic E-state index is 12.0. The van der Waals surface area contributed by atoms with Gasteiger partial charge in [-0.25, -0.2) is 0 Å². The molecule has 0 heterocycles. The van der Waals surface area contributed by atoms with E-state index in [4.69, 9.17) is 0 Å². The molecule has 2 heteroatoms. The van der Waals surface area contributed by atoms with Crippen LogP contribution in [0.1, 0.15) is 48.9 Å². The second kappa shape index (κ2) is 3.85. The summed E-state index contributed by atoms with van der Waals surface area (Å²) in [6.07, 6.45) is 0. The SMILES string of the molecule is C.CC(C)(C)C1C(=O)c2ccccc2C1=O. The van der Waals surface area contributed by atoms with Crippen LogP contribution >= 0.6 is 0 Å². The number of hydrogen-bond donors (Lipinski definition) is 0. The van der Waals surface area contributed by atoms with E-state index in [1.165, 1.54) is 0 Å². The van der Waals surface area contributed by atoms with E-state index in [9.17, 15) is 9.59 Å². The van der Waals surface area contributed by atoms with Crippen LogP contribution in [0.4, 0.5) is 0 Å². The first-order chi connectivity index (χ1) is 6.93. The van der Waals surface area contributed by atoms with Crippen LogP contribution in [0.15, 0.2) is 24.3 Å². The molecule has 2 nitrogen and oxygen atoms in total. The fraction of sp³-hybridized carbons (Fsp3) is 0.429. The van der Waals surface area contributed by atoms with Gasteiger partial charge in [-0.2, -0.15) is 0 Å². The molecule has 0 spiro atoms. The van der Waals surface area contributed by atoms with Crippen LogP contribution in [0.5, 0.6) is 0 Å². The van der Waals surface area contributed by atoms with Gasteiger partial charge in [0.25, 0.3) is 0 Å². The average Bonchev–Trinajstić information content (AvgIpc) is 2.39. The lowest BCUT2D eigenvalue weighted by molar-refractivity contribution is 0.0728. The number of carbonyl (C=O) groups is 2. The van der Waals surface area contributed by atoms with E-state index >= 15 is 0 Å². The minimum absolute atomic E-state index is 0. The fourth-order valence-corrected chi connectivity index (χ4v) is 2.13. The Morgan fingerprint density at radius 3 is 1.62 bits per heavy atom. The third kappa shape index (κ3) is 1.69. The molecule has 0 N–H and O–H groups in total. The Labute approximate surface area is 96.7 Å². The predicted molar refractivity (Wildman–Crippen MR) is 64.8 cm³/mol. The summed E-state index contributed by atoms with van der Waals surface area (Å²) in [6.45, 7) is 5.79. The van der Waals surface area contributed by atoms with Crippen LogP contribution < -0.4 is 0 Å². The number of hydrogen-bond acceptors (Lipinski definition) is 2. The molecule has 1 aromatic rings. The van der Waals surface area contributed by atoms with Crippen molar-refractivity contribution in [1.82, 2.24) is 0 Å². The van der Waals surface area contributed by atoms with Gasteiger partial charge in [0, 0.05) is 11.1 Å². The minimum atomic E-state index is -0.505. The van der Waals surface area contributed by atoms with Crippen molar-refractivity contribution in [2.45, 2.75) is 28.2 Å². The number of ketones is 2. The van der Waals surface area contributed by atoms with Gasteiger partial charge in [0.15, 0.2) is 11.6 Å². The van der Waals surface area contributed by atoms with Crippen molar-refractivity contribution >= 4 is 11.6 Å². The van der Waals surface area contributed by atoms with Gasteiger partial charge < -0.3 is 0 Å². The molecule has 1 aliphatic rings. The van der Waals surface area contributed by atoms with E-state index in [1.807, 2.05) is 20.8 Å². The molecule has 1 aromatic carbocycles. The Kier molecular flexibility index (Phi) is 3.04. The van der Waals surface area contributed by atoms with Gasteiger partial charge in [-0.1, -0.05) is 52.5 Å². The largest absolute Gasteiger partial charge is 0.293 e. The molecule has 1 aliphatic carbocycles. The number of rotatable bonds is 0. The number of fused-ring (bicyclic) bond motifs is 1. The molecule has 0 unspecified atom stereocenters. The fourth-order valence-electron chi connectivity index (χ4n) is 2.13. The van der Waals surface area contributed by atoms with E-state index in [-0.39, 0.29) is 24.4 Å². The molecule has 0 radical (unpaired) electrons. The van der Waals surface area contributed by atoms with E-state index in [0.29, 0.717) is 11.1 Å². The summed E-state index contributed by atoms with van der Waals surface area (Å²) in [5, 5.41) is 0. The molecular weight excluding hydrogens is 200 g/mol. The zero-order valence-corrected chi connectivity index (χ0v) is 9.20. The molecule has 0 bridgehead atoms. The van der Waals surface area contributed by atoms with Crippen LogP contribution in [-0.4, -0.2) is 11.6 Å². The molecule has 16 heavy (non-hydrogen) atoms. The van der Waals surface area contributed by atoms with Crippen molar-refractivity contribution in [3.8, 4) is 0 Å². The standard InChI is InChI=1S/C13H14O2.CH4/c1-13(2,3)10-11(14)8-6-4-5-7-9(8)12(10)15;/h4-7,10H,1-3H3;1H4. The molecule has 0 aromatic heterocycles. The molecule has 0 fully saturated rings. The molecule has 0 aliphatic heterocycles. The van der Waals surface area contributed by atoms with E-state index in [1.54, 1.807) is 24.3 Å². The quantitative estimate of drug-likeness (QED) is 0.626. The topological polar surface area (TPSA) is 34.1 Å². The summed E-state index contributed by atoms with van der Waals surface area (Å²) in [5.74, 6) is -0.555. The first-order valence-corrected chi connectivity index (χ1v) is 5.10. The summed E-state index contributed by atoms with van der Waals surface area (Å²) in [7, 11) is 0. The van der Waals surface area contributed by atoms with E-state index in [2.05, 4.69) is 0 Å². The maximum Gasteiger partial charge on any atom is 0.174 e.